The van der Waals surface area contributed by atoms with Crippen molar-refractivity contribution in [2.75, 3.05) is 20.1 Å². The molecule has 0 aromatic carbocycles. The molecule has 0 saturated heterocycles. The Bertz CT molecular complexity index is 509. The summed E-state index contributed by atoms with van der Waals surface area (Å²) in [6.45, 7) is 15.4. The molecule has 1 heterocycles. The fourth-order valence-corrected chi connectivity index (χ4v) is 2.65. The van der Waals surface area contributed by atoms with Crippen LogP contribution in [0.15, 0.2) is 23.3 Å². The lowest BCUT2D eigenvalue weighted by atomic mass is 10.2. The molecule has 6 nitrogen and oxygen atoms in total. The Morgan fingerprint density at radius 1 is 1.12 bits per heavy atom. The molecule has 150 valence electrons. The van der Waals surface area contributed by atoms with E-state index in [4.69, 9.17) is 4.74 Å². The van der Waals surface area contributed by atoms with E-state index >= 15 is 0 Å². The highest BCUT2D eigenvalue weighted by molar-refractivity contribution is 14.0. The fourth-order valence-electron chi connectivity index (χ4n) is 2.65. The van der Waals surface area contributed by atoms with Crippen molar-refractivity contribution in [2.45, 2.75) is 66.3 Å². The van der Waals surface area contributed by atoms with Gasteiger partial charge in [-0.15, -0.1) is 24.0 Å². The molecule has 0 saturated carbocycles. The van der Waals surface area contributed by atoms with E-state index in [0.717, 1.165) is 24.6 Å². The zero-order chi connectivity index (χ0) is 18.8. The molecule has 2 N–H and O–H groups in total. The summed E-state index contributed by atoms with van der Waals surface area (Å²) in [6, 6.07) is 4.99. The highest BCUT2D eigenvalue weighted by atomic mass is 127. The van der Waals surface area contributed by atoms with Gasteiger partial charge in [-0.25, -0.2) is 4.98 Å². The lowest BCUT2D eigenvalue weighted by Gasteiger charge is -2.30. The molecular weight excluding hydrogens is 441 g/mol. The molecule has 7 heteroatoms. The number of hydrogen-bond donors (Lipinski definition) is 2. The van der Waals surface area contributed by atoms with Gasteiger partial charge >= 0.3 is 0 Å². The zero-order valence-electron chi connectivity index (χ0n) is 17.2. The molecule has 0 aliphatic rings. The van der Waals surface area contributed by atoms with Crippen LogP contribution in [0.3, 0.4) is 0 Å². The Hall–Kier alpha value is -1.09. The molecule has 0 amide bonds. The van der Waals surface area contributed by atoms with Crippen LogP contribution in [0.5, 0.6) is 5.88 Å². The number of pyridine rings is 1. The highest BCUT2D eigenvalue weighted by Gasteiger charge is 2.12. The van der Waals surface area contributed by atoms with E-state index in [1.54, 1.807) is 7.05 Å². The van der Waals surface area contributed by atoms with Crippen molar-refractivity contribution in [2.24, 2.45) is 4.99 Å². The topological polar surface area (TPSA) is 61.8 Å². The third kappa shape index (κ3) is 9.56. The van der Waals surface area contributed by atoms with Gasteiger partial charge in [0.25, 0.3) is 0 Å². The van der Waals surface area contributed by atoms with Crippen LogP contribution in [0.25, 0.3) is 0 Å². The molecule has 0 aliphatic carbocycles. The summed E-state index contributed by atoms with van der Waals surface area (Å²) in [5, 5.41) is 6.69. The van der Waals surface area contributed by atoms with Gasteiger partial charge in [0.2, 0.25) is 5.88 Å². The van der Waals surface area contributed by atoms with Crippen LogP contribution in [-0.2, 0) is 6.54 Å². The summed E-state index contributed by atoms with van der Waals surface area (Å²) in [6.07, 6.45) is 1.97. The summed E-state index contributed by atoms with van der Waals surface area (Å²) < 4.78 is 5.56. The fraction of sp³-hybridized carbons (Fsp3) is 0.684. The van der Waals surface area contributed by atoms with Crippen LogP contribution in [-0.4, -0.2) is 54.2 Å². The smallest absolute Gasteiger partial charge is 0.213 e. The number of guanidine groups is 1. The molecule has 1 rings (SSSR count). The second-order valence-corrected chi connectivity index (χ2v) is 6.95. The minimum Gasteiger partial charge on any atom is -0.475 e. The molecule has 1 aromatic rings. The molecule has 0 bridgehead atoms. The number of ether oxygens (including phenoxy) is 1. The van der Waals surface area contributed by atoms with Crippen molar-refractivity contribution in [3.05, 3.63) is 23.9 Å². The Morgan fingerprint density at radius 3 is 2.23 bits per heavy atom. The van der Waals surface area contributed by atoms with E-state index in [0.29, 0.717) is 24.5 Å². The van der Waals surface area contributed by atoms with Crippen LogP contribution >= 0.6 is 24.0 Å². The summed E-state index contributed by atoms with van der Waals surface area (Å²) in [4.78, 5) is 11.1. The van der Waals surface area contributed by atoms with Gasteiger partial charge in [0, 0.05) is 51.0 Å². The molecule has 26 heavy (non-hydrogen) atoms. The number of rotatable bonds is 9. The molecule has 0 unspecified atom stereocenters. The van der Waals surface area contributed by atoms with Crippen LogP contribution in [0, 0.1) is 0 Å². The molecule has 0 atom stereocenters. The first-order valence-electron chi connectivity index (χ1n) is 9.15. The number of halogens is 1. The van der Waals surface area contributed by atoms with E-state index < -0.39 is 0 Å². The third-order valence-corrected chi connectivity index (χ3v) is 3.83. The minimum atomic E-state index is 0. The summed E-state index contributed by atoms with van der Waals surface area (Å²) in [7, 11) is 1.79. The maximum atomic E-state index is 5.56. The van der Waals surface area contributed by atoms with Crippen LogP contribution in [0.4, 0.5) is 0 Å². The van der Waals surface area contributed by atoms with E-state index in [2.05, 4.69) is 53.2 Å². The van der Waals surface area contributed by atoms with E-state index in [1.807, 2.05) is 32.2 Å². The summed E-state index contributed by atoms with van der Waals surface area (Å²) in [5.74, 6) is 1.46. The van der Waals surface area contributed by atoms with Gasteiger partial charge in [0.1, 0.15) is 0 Å². The minimum absolute atomic E-state index is 0. The average Bonchev–Trinajstić information content (AvgIpc) is 2.54. The normalized spacial score (nSPS) is 11.9. The first-order valence-corrected chi connectivity index (χ1v) is 9.15. The van der Waals surface area contributed by atoms with Crippen molar-refractivity contribution < 1.29 is 4.74 Å². The molecule has 0 fully saturated rings. The van der Waals surface area contributed by atoms with Crippen molar-refractivity contribution in [1.29, 1.82) is 0 Å². The van der Waals surface area contributed by atoms with Gasteiger partial charge in [-0.05, 0) is 47.1 Å². The molecular formula is C19H36IN5O. The van der Waals surface area contributed by atoms with E-state index in [9.17, 15) is 0 Å². The van der Waals surface area contributed by atoms with Crippen molar-refractivity contribution >= 4 is 29.9 Å². The van der Waals surface area contributed by atoms with E-state index in [-0.39, 0.29) is 30.1 Å². The van der Waals surface area contributed by atoms with Gasteiger partial charge in [-0.1, -0.05) is 6.07 Å². The van der Waals surface area contributed by atoms with Gasteiger partial charge in [0.15, 0.2) is 5.96 Å². The monoisotopic (exact) mass is 477 g/mol. The Labute approximate surface area is 176 Å². The Balaban J connectivity index is 0.00000625. The van der Waals surface area contributed by atoms with Crippen molar-refractivity contribution in [3.63, 3.8) is 0 Å². The first-order chi connectivity index (χ1) is 11.8. The molecule has 0 aliphatic heterocycles. The third-order valence-electron chi connectivity index (χ3n) is 3.83. The lowest BCUT2D eigenvalue weighted by Crippen LogP contribution is -2.45. The number of hydrogen-bond acceptors (Lipinski definition) is 4. The summed E-state index contributed by atoms with van der Waals surface area (Å²) in [5.41, 5.74) is 1.09. The summed E-state index contributed by atoms with van der Waals surface area (Å²) >= 11 is 0. The van der Waals surface area contributed by atoms with Gasteiger partial charge in [0.05, 0.1) is 6.10 Å². The molecule has 0 spiro atoms. The first kappa shape index (κ1) is 24.9. The van der Waals surface area contributed by atoms with Gasteiger partial charge in [-0.2, -0.15) is 0 Å². The van der Waals surface area contributed by atoms with Crippen LogP contribution in [0.1, 0.15) is 47.1 Å². The second-order valence-electron chi connectivity index (χ2n) is 6.95. The largest absolute Gasteiger partial charge is 0.475 e. The number of nitrogens with one attached hydrogen (secondary N) is 2. The zero-order valence-corrected chi connectivity index (χ0v) is 19.6. The van der Waals surface area contributed by atoms with Crippen LogP contribution in [0.2, 0.25) is 0 Å². The number of nitrogens with zero attached hydrogens (tertiary/aromatic N) is 3. The number of aliphatic imine (C=N–C) groups is 1. The van der Waals surface area contributed by atoms with Gasteiger partial charge in [-0.3, -0.25) is 9.89 Å². The maximum Gasteiger partial charge on any atom is 0.213 e. The second kappa shape index (κ2) is 13.1. The average molecular weight is 477 g/mol. The SMILES string of the molecule is CN=C(NCCN(C(C)C)C(C)C)NCc1ccc(OC(C)C)nc1.I. The van der Waals surface area contributed by atoms with Crippen LogP contribution < -0.4 is 15.4 Å². The Morgan fingerprint density at radius 2 is 1.77 bits per heavy atom. The predicted molar refractivity (Wildman–Crippen MR) is 121 cm³/mol. The molecule has 1 aromatic heterocycles. The van der Waals surface area contributed by atoms with Crippen molar-refractivity contribution in [1.82, 2.24) is 20.5 Å². The predicted octanol–water partition coefficient (Wildman–Crippen LogP) is 3.27. The number of aromatic nitrogens is 1. The Kier molecular flexibility index (Phi) is 12.6. The maximum absolute atomic E-state index is 5.56. The highest BCUT2D eigenvalue weighted by Crippen LogP contribution is 2.09. The lowest BCUT2D eigenvalue weighted by molar-refractivity contribution is 0.178. The van der Waals surface area contributed by atoms with Gasteiger partial charge < -0.3 is 15.4 Å². The van der Waals surface area contributed by atoms with E-state index in [1.165, 1.54) is 0 Å². The molecule has 0 radical (unpaired) electrons. The standard InChI is InChI=1S/C19H35N5O.HI/c1-14(2)24(15(3)4)11-10-21-19(20-7)23-13-17-8-9-18(22-12-17)25-16(5)6;/h8-9,12,14-16H,10-11,13H2,1-7H3,(H2,20,21,23);1H. The van der Waals surface area contributed by atoms with Crippen molar-refractivity contribution in [3.8, 4) is 5.88 Å². The quantitative estimate of drug-likeness (QED) is 0.325.